The van der Waals surface area contributed by atoms with Crippen molar-refractivity contribution in [3.63, 3.8) is 0 Å². The first-order valence-electron chi connectivity index (χ1n) is 9.13. The average molecular weight is 407 g/mol. The monoisotopic (exact) mass is 407 g/mol. The summed E-state index contributed by atoms with van der Waals surface area (Å²) in [5.74, 6) is 1.24. The number of rotatable bonds is 6. The first kappa shape index (κ1) is 18.9. The van der Waals surface area contributed by atoms with E-state index in [0.29, 0.717) is 41.3 Å². The van der Waals surface area contributed by atoms with Crippen molar-refractivity contribution in [2.75, 3.05) is 19.4 Å². The number of fused-ring (bicyclic) bond motifs is 1. The Labute approximate surface area is 172 Å². The molecule has 2 aromatic carbocycles. The summed E-state index contributed by atoms with van der Waals surface area (Å²) in [6.07, 6.45) is 0.679. The van der Waals surface area contributed by atoms with E-state index in [1.807, 2.05) is 41.3 Å². The SMILES string of the molecule is COc1ccccc1-c1nc2cc(N)cc(C(=O)NCCc3cscn3)c2n1C. The minimum absolute atomic E-state index is 0.188. The third kappa shape index (κ3) is 3.66. The highest BCUT2D eigenvalue weighted by Gasteiger charge is 2.20. The second kappa shape index (κ2) is 7.92. The summed E-state index contributed by atoms with van der Waals surface area (Å²) in [6.45, 7) is 0.496. The summed E-state index contributed by atoms with van der Waals surface area (Å²) in [4.78, 5) is 21.9. The molecule has 0 aliphatic carbocycles. The highest BCUT2D eigenvalue weighted by atomic mass is 32.1. The maximum Gasteiger partial charge on any atom is 0.253 e. The van der Waals surface area contributed by atoms with Crippen molar-refractivity contribution in [1.82, 2.24) is 19.9 Å². The largest absolute Gasteiger partial charge is 0.496 e. The minimum atomic E-state index is -0.188. The molecule has 0 unspecified atom stereocenters. The quantitative estimate of drug-likeness (QED) is 0.479. The van der Waals surface area contributed by atoms with Gasteiger partial charge < -0.3 is 20.4 Å². The van der Waals surface area contributed by atoms with Gasteiger partial charge in [-0.15, -0.1) is 11.3 Å². The zero-order chi connectivity index (χ0) is 20.4. The van der Waals surface area contributed by atoms with Gasteiger partial charge in [0, 0.05) is 31.1 Å². The number of carbonyl (C=O) groups excluding carboxylic acids is 1. The van der Waals surface area contributed by atoms with Crippen molar-refractivity contribution < 1.29 is 9.53 Å². The maximum absolute atomic E-state index is 12.9. The average Bonchev–Trinajstić information content (AvgIpc) is 3.35. The van der Waals surface area contributed by atoms with Gasteiger partial charge in [-0.2, -0.15) is 0 Å². The number of methoxy groups -OCH3 is 1. The summed E-state index contributed by atoms with van der Waals surface area (Å²) < 4.78 is 7.38. The van der Waals surface area contributed by atoms with Crippen LogP contribution in [0.4, 0.5) is 5.69 Å². The number of hydrogen-bond donors (Lipinski definition) is 2. The van der Waals surface area contributed by atoms with E-state index in [0.717, 1.165) is 16.8 Å². The van der Waals surface area contributed by atoms with Crippen molar-refractivity contribution in [1.29, 1.82) is 0 Å². The van der Waals surface area contributed by atoms with E-state index in [9.17, 15) is 4.79 Å². The molecular weight excluding hydrogens is 386 g/mol. The number of hydrogen-bond acceptors (Lipinski definition) is 6. The summed E-state index contributed by atoms with van der Waals surface area (Å²) in [5, 5.41) is 4.94. The van der Waals surface area contributed by atoms with Gasteiger partial charge in [0.1, 0.15) is 11.6 Å². The molecule has 0 atom stereocenters. The Morgan fingerprint density at radius 1 is 1.31 bits per heavy atom. The molecule has 29 heavy (non-hydrogen) atoms. The smallest absolute Gasteiger partial charge is 0.253 e. The zero-order valence-corrected chi connectivity index (χ0v) is 17.0. The molecule has 8 heteroatoms. The Balaban J connectivity index is 1.71. The number of nitrogens with one attached hydrogen (secondary N) is 1. The number of aryl methyl sites for hydroxylation is 1. The lowest BCUT2D eigenvalue weighted by atomic mass is 10.1. The highest BCUT2D eigenvalue weighted by molar-refractivity contribution is 7.07. The second-order valence-electron chi connectivity index (χ2n) is 6.62. The van der Waals surface area contributed by atoms with Crippen LogP contribution in [0.15, 0.2) is 47.3 Å². The van der Waals surface area contributed by atoms with Crippen LogP contribution in [0.1, 0.15) is 16.1 Å². The number of thiazole rings is 1. The summed E-state index contributed by atoms with van der Waals surface area (Å²) in [6, 6.07) is 11.1. The molecule has 3 N–H and O–H groups in total. The van der Waals surface area contributed by atoms with Gasteiger partial charge in [-0.05, 0) is 24.3 Å². The van der Waals surface area contributed by atoms with E-state index in [1.165, 1.54) is 0 Å². The van der Waals surface area contributed by atoms with Crippen molar-refractivity contribution >= 4 is 34.0 Å². The fourth-order valence-corrected chi connectivity index (χ4v) is 3.97. The molecule has 7 nitrogen and oxygen atoms in total. The standard InChI is InChI=1S/C21H21N5O2S/c1-26-19-16(21(27)23-8-7-14-11-29-12-24-14)9-13(22)10-17(19)25-20(26)15-5-3-4-6-18(15)28-2/h3-6,9-12H,7-8,22H2,1-2H3,(H,23,27). The van der Waals surface area contributed by atoms with Gasteiger partial charge in [0.25, 0.3) is 5.91 Å². The Hall–Kier alpha value is -3.39. The van der Waals surface area contributed by atoms with Crippen molar-refractivity contribution in [3.05, 3.63) is 58.5 Å². The number of aromatic nitrogens is 3. The highest BCUT2D eigenvalue weighted by Crippen LogP contribution is 2.33. The third-order valence-corrected chi connectivity index (χ3v) is 5.37. The van der Waals surface area contributed by atoms with Crippen molar-refractivity contribution in [2.45, 2.75) is 6.42 Å². The number of para-hydroxylation sites is 1. The van der Waals surface area contributed by atoms with Crippen molar-refractivity contribution in [3.8, 4) is 17.1 Å². The predicted octanol–water partition coefficient (Wildman–Crippen LogP) is 3.26. The maximum atomic E-state index is 12.9. The van der Waals surface area contributed by atoms with Gasteiger partial charge in [-0.1, -0.05) is 12.1 Å². The van der Waals surface area contributed by atoms with Crippen LogP contribution in [0.3, 0.4) is 0 Å². The van der Waals surface area contributed by atoms with Gasteiger partial charge >= 0.3 is 0 Å². The van der Waals surface area contributed by atoms with Crippen LogP contribution in [0.25, 0.3) is 22.4 Å². The topological polar surface area (TPSA) is 95.1 Å². The van der Waals surface area contributed by atoms with Gasteiger partial charge in [0.05, 0.1) is 40.5 Å². The predicted molar refractivity (Wildman–Crippen MR) is 115 cm³/mol. The van der Waals surface area contributed by atoms with Crippen LogP contribution in [0.2, 0.25) is 0 Å². The Morgan fingerprint density at radius 3 is 2.90 bits per heavy atom. The van der Waals surface area contributed by atoms with E-state index in [-0.39, 0.29) is 5.91 Å². The molecular formula is C21H21N5O2S. The van der Waals surface area contributed by atoms with Crippen LogP contribution in [-0.2, 0) is 13.5 Å². The molecule has 0 bridgehead atoms. The molecule has 1 amide bonds. The van der Waals surface area contributed by atoms with E-state index < -0.39 is 0 Å². The minimum Gasteiger partial charge on any atom is -0.496 e. The first-order chi connectivity index (χ1) is 14.1. The van der Waals surface area contributed by atoms with E-state index >= 15 is 0 Å². The first-order valence-corrected chi connectivity index (χ1v) is 10.1. The molecule has 0 saturated heterocycles. The van der Waals surface area contributed by atoms with Gasteiger partial charge in [0.15, 0.2) is 0 Å². The number of amides is 1. The number of imidazole rings is 1. The number of nitrogens with zero attached hydrogens (tertiary/aromatic N) is 3. The van der Waals surface area contributed by atoms with Crippen LogP contribution >= 0.6 is 11.3 Å². The molecule has 0 radical (unpaired) electrons. The second-order valence-corrected chi connectivity index (χ2v) is 7.34. The fourth-order valence-electron chi connectivity index (χ4n) is 3.38. The number of nitrogen functional groups attached to an aromatic ring is 1. The Kier molecular flexibility index (Phi) is 5.18. The summed E-state index contributed by atoms with van der Waals surface area (Å²) >= 11 is 1.54. The Bertz CT molecular complexity index is 1170. The van der Waals surface area contributed by atoms with Crippen LogP contribution in [0.5, 0.6) is 5.75 Å². The van der Waals surface area contributed by atoms with Gasteiger partial charge in [-0.3, -0.25) is 4.79 Å². The Morgan fingerprint density at radius 2 is 2.14 bits per heavy atom. The van der Waals surface area contributed by atoms with E-state index in [2.05, 4.69) is 10.3 Å². The number of nitrogens with two attached hydrogens (primary N) is 1. The van der Waals surface area contributed by atoms with Crippen molar-refractivity contribution in [2.24, 2.45) is 7.05 Å². The summed E-state index contributed by atoms with van der Waals surface area (Å²) in [5.41, 5.74) is 12.0. The molecule has 4 rings (SSSR count). The normalized spacial score (nSPS) is 11.0. The van der Waals surface area contributed by atoms with Crippen LogP contribution in [-0.4, -0.2) is 34.1 Å². The molecule has 2 heterocycles. The number of ether oxygens (including phenoxy) is 1. The van der Waals surface area contributed by atoms with E-state index in [4.69, 9.17) is 15.5 Å². The van der Waals surface area contributed by atoms with Gasteiger partial charge in [0.2, 0.25) is 0 Å². The van der Waals surface area contributed by atoms with Crippen LogP contribution < -0.4 is 15.8 Å². The third-order valence-electron chi connectivity index (χ3n) is 4.73. The summed E-state index contributed by atoms with van der Waals surface area (Å²) in [7, 11) is 3.51. The molecule has 2 aromatic heterocycles. The van der Waals surface area contributed by atoms with Crippen LogP contribution in [0, 0.1) is 0 Å². The lowest BCUT2D eigenvalue weighted by Gasteiger charge is -2.10. The lowest BCUT2D eigenvalue weighted by molar-refractivity contribution is 0.0955. The molecule has 0 fully saturated rings. The van der Waals surface area contributed by atoms with E-state index in [1.54, 1.807) is 36.1 Å². The molecule has 0 aliphatic rings. The molecule has 0 aliphatic heterocycles. The number of benzene rings is 2. The zero-order valence-electron chi connectivity index (χ0n) is 16.2. The number of carbonyl (C=O) groups is 1. The van der Waals surface area contributed by atoms with Gasteiger partial charge in [-0.25, -0.2) is 9.97 Å². The fraction of sp³-hybridized carbons (Fsp3) is 0.190. The lowest BCUT2D eigenvalue weighted by Crippen LogP contribution is -2.26. The molecule has 148 valence electrons. The molecule has 4 aromatic rings. The molecule has 0 spiro atoms. The number of anilines is 1. The molecule has 0 saturated carbocycles.